The standard InChI is InChI=1S/C13H20N4O3/c1-2-4-13(11(18)19)5-3-6-17(13)12(20)15-8-10-7-14-9-16-10/h7,9H,2-6,8H2,1H3,(H,14,16)(H,15,20)(H,18,19). The molecule has 2 amide bonds. The molecule has 1 unspecified atom stereocenters. The topological polar surface area (TPSA) is 98.3 Å². The van der Waals surface area contributed by atoms with Crippen LogP contribution in [0.2, 0.25) is 0 Å². The maximum atomic E-state index is 12.3. The first-order valence-corrected chi connectivity index (χ1v) is 6.86. The largest absolute Gasteiger partial charge is 0.479 e. The fourth-order valence-corrected chi connectivity index (χ4v) is 2.83. The van der Waals surface area contributed by atoms with Gasteiger partial charge in [-0.15, -0.1) is 0 Å². The average Bonchev–Trinajstić information content (AvgIpc) is 3.06. The van der Waals surface area contributed by atoms with Gasteiger partial charge < -0.3 is 20.3 Å². The van der Waals surface area contributed by atoms with E-state index in [0.29, 0.717) is 25.9 Å². The third-order valence-electron chi connectivity index (χ3n) is 3.78. The highest BCUT2D eigenvalue weighted by Crippen LogP contribution is 2.34. The molecule has 0 aliphatic carbocycles. The number of carboxylic acid groups (broad SMARTS) is 1. The second-order valence-corrected chi connectivity index (χ2v) is 5.08. The Morgan fingerprint density at radius 2 is 2.40 bits per heavy atom. The van der Waals surface area contributed by atoms with E-state index >= 15 is 0 Å². The third-order valence-corrected chi connectivity index (χ3v) is 3.78. The number of hydrogen-bond donors (Lipinski definition) is 3. The van der Waals surface area contributed by atoms with Crippen LogP contribution >= 0.6 is 0 Å². The quantitative estimate of drug-likeness (QED) is 0.758. The van der Waals surface area contributed by atoms with Crippen molar-refractivity contribution in [2.75, 3.05) is 6.54 Å². The number of imidazole rings is 1. The summed E-state index contributed by atoms with van der Waals surface area (Å²) in [4.78, 5) is 32.1. The van der Waals surface area contributed by atoms with E-state index in [1.54, 1.807) is 6.20 Å². The van der Waals surface area contributed by atoms with E-state index in [-0.39, 0.29) is 6.03 Å². The van der Waals surface area contributed by atoms with E-state index < -0.39 is 11.5 Å². The van der Waals surface area contributed by atoms with Gasteiger partial charge in [0.1, 0.15) is 5.54 Å². The second kappa shape index (κ2) is 5.94. The van der Waals surface area contributed by atoms with Crippen molar-refractivity contribution in [3.8, 4) is 0 Å². The SMILES string of the molecule is CCCC1(C(=O)O)CCCN1C(=O)NCc1cnc[nH]1. The number of carbonyl (C=O) groups is 2. The fraction of sp³-hybridized carbons (Fsp3) is 0.615. The third kappa shape index (κ3) is 2.61. The van der Waals surface area contributed by atoms with Gasteiger partial charge in [0.15, 0.2) is 0 Å². The molecule has 110 valence electrons. The number of urea groups is 1. The smallest absolute Gasteiger partial charge is 0.329 e. The molecule has 0 saturated carbocycles. The first kappa shape index (κ1) is 14.4. The van der Waals surface area contributed by atoms with Gasteiger partial charge in [-0.1, -0.05) is 13.3 Å². The molecular weight excluding hydrogens is 260 g/mol. The van der Waals surface area contributed by atoms with Crippen LogP contribution in [0.15, 0.2) is 12.5 Å². The maximum absolute atomic E-state index is 12.3. The number of aliphatic carboxylic acids is 1. The van der Waals surface area contributed by atoms with Crippen molar-refractivity contribution < 1.29 is 14.7 Å². The van der Waals surface area contributed by atoms with Crippen molar-refractivity contribution in [3.05, 3.63) is 18.2 Å². The molecular formula is C13H20N4O3. The van der Waals surface area contributed by atoms with E-state index in [4.69, 9.17) is 0 Å². The summed E-state index contributed by atoms with van der Waals surface area (Å²) in [6.07, 6.45) is 5.63. The highest BCUT2D eigenvalue weighted by molar-refractivity contribution is 5.87. The van der Waals surface area contributed by atoms with Crippen LogP contribution < -0.4 is 5.32 Å². The molecule has 7 heteroatoms. The number of carboxylic acids is 1. The van der Waals surface area contributed by atoms with Crippen molar-refractivity contribution in [1.82, 2.24) is 20.2 Å². The highest BCUT2D eigenvalue weighted by Gasteiger charge is 2.49. The first-order valence-electron chi connectivity index (χ1n) is 6.86. The average molecular weight is 280 g/mol. The zero-order chi connectivity index (χ0) is 14.6. The van der Waals surface area contributed by atoms with Crippen LogP contribution in [0.4, 0.5) is 4.79 Å². The fourth-order valence-electron chi connectivity index (χ4n) is 2.83. The molecule has 1 aromatic rings. The molecule has 1 saturated heterocycles. The summed E-state index contributed by atoms with van der Waals surface area (Å²) in [6, 6.07) is -0.326. The van der Waals surface area contributed by atoms with Gasteiger partial charge in [0, 0.05) is 12.7 Å². The Labute approximate surface area is 117 Å². The van der Waals surface area contributed by atoms with E-state index in [0.717, 1.165) is 18.5 Å². The Morgan fingerprint density at radius 1 is 1.60 bits per heavy atom. The molecule has 1 aliphatic rings. The summed E-state index contributed by atoms with van der Waals surface area (Å²) in [7, 11) is 0. The lowest BCUT2D eigenvalue weighted by Crippen LogP contribution is -2.55. The van der Waals surface area contributed by atoms with Gasteiger partial charge in [-0.2, -0.15) is 0 Å². The van der Waals surface area contributed by atoms with Crippen molar-refractivity contribution in [2.45, 2.75) is 44.7 Å². The van der Waals surface area contributed by atoms with Crippen molar-refractivity contribution in [3.63, 3.8) is 0 Å². The zero-order valence-electron chi connectivity index (χ0n) is 11.6. The van der Waals surface area contributed by atoms with Crippen molar-refractivity contribution in [2.24, 2.45) is 0 Å². The number of nitrogens with one attached hydrogen (secondary N) is 2. The Hall–Kier alpha value is -2.05. The highest BCUT2D eigenvalue weighted by atomic mass is 16.4. The summed E-state index contributed by atoms with van der Waals surface area (Å²) in [5.41, 5.74) is -0.263. The lowest BCUT2D eigenvalue weighted by atomic mass is 9.91. The molecule has 2 rings (SSSR count). The lowest BCUT2D eigenvalue weighted by Gasteiger charge is -2.34. The van der Waals surface area contributed by atoms with E-state index in [1.165, 1.54) is 11.2 Å². The Bertz CT molecular complexity index is 474. The molecule has 1 aliphatic heterocycles. The summed E-state index contributed by atoms with van der Waals surface area (Å²) < 4.78 is 0. The second-order valence-electron chi connectivity index (χ2n) is 5.08. The van der Waals surface area contributed by atoms with E-state index in [9.17, 15) is 14.7 Å². The van der Waals surface area contributed by atoms with Crippen LogP contribution in [0.3, 0.4) is 0 Å². The molecule has 0 aromatic carbocycles. The first-order chi connectivity index (χ1) is 9.60. The van der Waals surface area contributed by atoms with Crippen LogP contribution in [-0.2, 0) is 11.3 Å². The van der Waals surface area contributed by atoms with Gasteiger partial charge >= 0.3 is 12.0 Å². The van der Waals surface area contributed by atoms with Crippen molar-refractivity contribution in [1.29, 1.82) is 0 Å². The van der Waals surface area contributed by atoms with E-state index in [2.05, 4.69) is 15.3 Å². The van der Waals surface area contributed by atoms with Gasteiger partial charge in [-0.05, 0) is 19.3 Å². The molecule has 1 aromatic heterocycles. The molecule has 0 radical (unpaired) electrons. The van der Waals surface area contributed by atoms with Crippen LogP contribution in [-0.4, -0.2) is 44.1 Å². The molecule has 1 atom stereocenters. The minimum Gasteiger partial charge on any atom is -0.479 e. The van der Waals surface area contributed by atoms with Gasteiger partial charge in [-0.3, -0.25) is 0 Å². The number of nitrogens with zero attached hydrogens (tertiary/aromatic N) is 2. The maximum Gasteiger partial charge on any atom is 0.329 e. The number of hydrogen-bond acceptors (Lipinski definition) is 3. The minimum absolute atomic E-state index is 0.317. The van der Waals surface area contributed by atoms with Crippen LogP contribution in [0.5, 0.6) is 0 Å². The Balaban J connectivity index is 2.05. The summed E-state index contributed by atoms with van der Waals surface area (Å²) in [5, 5.41) is 12.3. The van der Waals surface area contributed by atoms with Gasteiger partial charge in [0.05, 0.1) is 18.6 Å². The summed E-state index contributed by atoms with van der Waals surface area (Å²) in [5.74, 6) is -0.909. The molecule has 7 nitrogen and oxygen atoms in total. The number of amides is 2. The number of rotatable bonds is 5. The molecule has 3 N–H and O–H groups in total. The van der Waals surface area contributed by atoms with Gasteiger partial charge in [0.25, 0.3) is 0 Å². The molecule has 0 spiro atoms. The van der Waals surface area contributed by atoms with Crippen LogP contribution in [0.25, 0.3) is 0 Å². The number of likely N-dealkylation sites (tertiary alicyclic amines) is 1. The zero-order valence-corrected chi connectivity index (χ0v) is 11.6. The number of aromatic amines is 1. The van der Waals surface area contributed by atoms with Gasteiger partial charge in [0.2, 0.25) is 0 Å². The van der Waals surface area contributed by atoms with Crippen molar-refractivity contribution >= 4 is 12.0 Å². The monoisotopic (exact) mass is 280 g/mol. The number of aromatic nitrogens is 2. The van der Waals surface area contributed by atoms with Crippen LogP contribution in [0.1, 0.15) is 38.3 Å². The summed E-state index contributed by atoms with van der Waals surface area (Å²) >= 11 is 0. The predicted octanol–water partition coefficient (Wildman–Crippen LogP) is 1.34. The Kier molecular flexibility index (Phi) is 4.26. The minimum atomic E-state index is -1.05. The van der Waals surface area contributed by atoms with E-state index in [1.807, 2.05) is 6.92 Å². The molecule has 0 bridgehead atoms. The predicted molar refractivity (Wildman–Crippen MR) is 72.0 cm³/mol. The molecule has 2 heterocycles. The van der Waals surface area contributed by atoms with Crippen LogP contribution in [0, 0.1) is 0 Å². The molecule has 20 heavy (non-hydrogen) atoms. The lowest BCUT2D eigenvalue weighted by molar-refractivity contribution is -0.148. The molecule has 1 fully saturated rings. The normalized spacial score (nSPS) is 21.9. The summed E-state index contributed by atoms with van der Waals surface area (Å²) in [6.45, 7) is 2.74. The number of carbonyl (C=O) groups excluding carboxylic acids is 1. The number of H-pyrrole nitrogens is 1. The Morgan fingerprint density at radius 3 is 3.00 bits per heavy atom. The van der Waals surface area contributed by atoms with Gasteiger partial charge in [-0.25, -0.2) is 14.6 Å².